The first-order valence-electron chi connectivity index (χ1n) is 13.3. The highest BCUT2D eigenvalue weighted by molar-refractivity contribution is 7.92. The molecule has 0 aliphatic carbocycles. The molecular formula is C31H38ClN3O4S. The van der Waals surface area contributed by atoms with Crippen LogP contribution in [0.2, 0.25) is 5.02 Å². The molecule has 0 aliphatic heterocycles. The molecule has 0 radical (unpaired) electrons. The van der Waals surface area contributed by atoms with Crippen molar-refractivity contribution in [1.29, 1.82) is 0 Å². The lowest BCUT2D eigenvalue weighted by Gasteiger charge is -2.34. The highest BCUT2D eigenvalue weighted by atomic mass is 35.5. The molecule has 3 rings (SSSR count). The van der Waals surface area contributed by atoms with E-state index in [9.17, 15) is 18.0 Å². The van der Waals surface area contributed by atoms with Gasteiger partial charge in [-0.1, -0.05) is 73.1 Å². The average Bonchev–Trinajstić information content (AvgIpc) is 2.91. The summed E-state index contributed by atoms with van der Waals surface area (Å²) in [6.07, 6.45) is 2.08. The third-order valence-corrected chi connectivity index (χ3v) is 8.44. The molecule has 7 nitrogen and oxygen atoms in total. The Kier molecular flexibility index (Phi) is 10.8. The van der Waals surface area contributed by atoms with Gasteiger partial charge in [-0.05, 0) is 67.6 Å². The van der Waals surface area contributed by atoms with Gasteiger partial charge in [-0.2, -0.15) is 0 Å². The number of hydrogen-bond donors (Lipinski definition) is 1. The predicted molar refractivity (Wildman–Crippen MR) is 162 cm³/mol. The number of aryl methyl sites for hydroxylation is 1. The van der Waals surface area contributed by atoms with Crippen LogP contribution < -0.4 is 9.62 Å². The molecule has 0 saturated heterocycles. The molecule has 0 fully saturated rings. The van der Waals surface area contributed by atoms with E-state index in [0.717, 1.165) is 39.2 Å². The first-order valence-corrected chi connectivity index (χ1v) is 15.6. The summed E-state index contributed by atoms with van der Waals surface area (Å²) in [5, 5.41) is 3.58. The van der Waals surface area contributed by atoms with E-state index >= 15 is 0 Å². The zero-order valence-corrected chi connectivity index (χ0v) is 25.3. The van der Waals surface area contributed by atoms with Crippen molar-refractivity contribution in [2.24, 2.45) is 0 Å². The van der Waals surface area contributed by atoms with Crippen molar-refractivity contribution in [1.82, 2.24) is 10.2 Å². The smallest absolute Gasteiger partial charge is 0.244 e. The monoisotopic (exact) mass is 583 g/mol. The number of carbonyl (C=O) groups is 2. The zero-order chi connectivity index (χ0) is 29.4. The molecule has 0 saturated carbocycles. The second-order valence-corrected chi connectivity index (χ2v) is 12.5. The molecule has 9 heteroatoms. The largest absolute Gasteiger partial charge is 0.352 e. The number of hydrogen-bond acceptors (Lipinski definition) is 4. The molecule has 0 bridgehead atoms. The molecule has 0 spiro atoms. The number of nitrogens with one attached hydrogen (secondary N) is 1. The van der Waals surface area contributed by atoms with Crippen LogP contribution in [0.25, 0.3) is 0 Å². The van der Waals surface area contributed by atoms with Crippen LogP contribution in [-0.4, -0.2) is 50.0 Å². The summed E-state index contributed by atoms with van der Waals surface area (Å²) >= 11 is 6.10. The van der Waals surface area contributed by atoms with Gasteiger partial charge in [0.1, 0.15) is 12.6 Å². The normalized spacial score (nSPS) is 12.8. The van der Waals surface area contributed by atoms with Gasteiger partial charge in [0.2, 0.25) is 21.8 Å². The summed E-state index contributed by atoms with van der Waals surface area (Å²) < 4.78 is 27.1. The van der Waals surface area contributed by atoms with Crippen molar-refractivity contribution in [3.8, 4) is 0 Å². The van der Waals surface area contributed by atoms with Gasteiger partial charge in [0, 0.05) is 24.0 Å². The van der Waals surface area contributed by atoms with Gasteiger partial charge < -0.3 is 10.2 Å². The molecule has 2 amide bonds. The number of nitrogens with zero attached hydrogens (tertiary/aromatic N) is 2. The fourth-order valence-electron chi connectivity index (χ4n) is 4.38. The van der Waals surface area contributed by atoms with E-state index in [2.05, 4.69) is 5.32 Å². The quantitative estimate of drug-likeness (QED) is 0.314. The second-order valence-electron chi connectivity index (χ2n) is 10.2. The fraction of sp³-hybridized carbons (Fsp3) is 0.355. The van der Waals surface area contributed by atoms with Crippen LogP contribution in [0.5, 0.6) is 0 Å². The van der Waals surface area contributed by atoms with E-state index in [-0.39, 0.29) is 24.9 Å². The van der Waals surface area contributed by atoms with Crippen LogP contribution in [-0.2, 0) is 32.6 Å². The first-order chi connectivity index (χ1) is 18.9. The van der Waals surface area contributed by atoms with Gasteiger partial charge >= 0.3 is 0 Å². The average molecular weight is 584 g/mol. The van der Waals surface area contributed by atoms with Gasteiger partial charge in [-0.25, -0.2) is 8.42 Å². The zero-order valence-electron chi connectivity index (χ0n) is 23.7. The van der Waals surface area contributed by atoms with E-state index in [4.69, 9.17) is 11.6 Å². The third kappa shape index (κ3) is 8.32. The van der Waals surface area contributed by atoms with E-state index in [1.54, 1.807) is 36.4 Å². The maximum atomic E-state index is 14.1. The SMILES string of the molecule is CCC(C)NC(=O)C(Cc1ccccc1)N(Cc1ccc(Cl)cc1)C(=O)CN(c1cccc(C)c1C)S(C)(=O)=O. The summed E-state index contributed by atoms with van der Waals surface area (Å²) in [6.45, 7) is 7.26. The van der Waals surface area contributed by atoms with Crippen LogP contribution in [0.3, 0.4) is 0 Å². The van der Waals surface area contributed by atoms with Gasteiger partial charge in [0.05, 0.1) is 11.9 Å². The van der Waals surface area contributed by atoms with Gasteiger partial charge in [0.15, 0.2) is 0 Å². The van der Waals surface area contributed by atoms with Crippen LogP contribution in [0, 0.1) is 13.8 Å². The highest BCUT2D eigenvalue weighted by Crippen LogP contribution is 2.26. The minimum atomic E-state index is -3.82. The van der Waals surface area contributed by atoms with Crippen LogP contribution in [0.1, 0.15) is 42.5 Å². The molecule has 40 heavy (non-hydrogen) atoms. The van der Waals surface area contributed by atoms with Crippen molar-refractivity contribution >= 4 is 39.1 Å². The van der Waals surface area contributed by atoms with Gasteiger partial charge in [0.25, 0.3) is 0 Å². The Morgan fingerprint density at radius 2 is 1.57 bits per heavy atom. The van der Waals surface area contributed by atoms with Crippen molar-refractivity contribution in [3.05, 3.63) is 100 Å². The molecule has 1 N–H and O–H groups in total. The lowest BCUT2D eigenvalue weighted by molar-refractivity contribution is -0.140. The molecule has 2 unspecified atom stereocenters. The highest BCUT2D eigenvalue weighted by Gasteiger charge is 2.33. The Bertz CT molecular complexity index is 1410. The predicted octanol–water partition coefficient (Wildman–Crippen LogP) is 5.28. The van der Waals surface area contributed by atoms with Crippen molar-refractivity contribution < 1.29 is 18.0 Å². The Labute approximate surface area is 243 Å². The Morgan fingerprint density at radius 1 is 0.925 bits per heavy atom. The number of benzene rings is 3. The fourth-order valence-corrected chi connectivity index (χ4v) is 5.41. The summed E-state index contributed by atoms with van der Waals surface area (Å²) in [6, 6.07) is 20.9. The first kappa shape index (κ1) is 31.2. The molecule has 2 atom stereocenters. The van der Waals surface area contributed by atoms with E-state index < -0.39 is 28.5 Å². The number of rotatable bonds is 12. The molecule has 3 aromatic carbocycles. The Morgan fingerprint density at radius 3 is 2.17 bits per heavy atom. The standard InChI is InChI=1S/C31H38ClN3O4S/c1-6-23(3)33-31(37)29(19-25-12-8-7-9-13-25)34(20-26-15-17-27(32)18-16-26)30(36)21-35(40(5,38)39)28-14-10-11-22(2)24(28)4/h7-18,23,29H,6,19-21H2,1-5H3,(H,33,37). The number of carbonyl (C=O) groups excluding carboxylic acids is 2. The van der Waals surface area contributed by atoms with Crippen LogP contribution in [0.15, 0.2) is 72.8 Å². The topological polar surface area (TPSA) is 86.8 Å². The van der Waals surface area contributed by atoms with Crippen LogP contribution >= 0.6 is 11.6 Å². The maximum absolute atomic E-state index is 14.1. The number of amides is 2. The molecule has 3 aromatic rings. The molecule has 0 aliphatic rings. The van der Waals surface area contributed by atoms with E-state index in [1.165, 1.54) is 4.90 Å². The minimum Gasteiger partial charge on any atom is -0.352 e. The Hall–Kier alpha value is -3.36. The van der Waals surface area contributed by atoms with E-state index in [1.807, 2.05) is 64.1 Å². The van der Waals surface area contributed by atoms with Crippen molar-refractivity contribution in [2.75, 3.05) is 17.1 Å². The second kappa shape index (κ2) is 13.8. The van der Waals surface area contributed by atoms with Crippen LogP contribution in [0.4, 0.5) is 5.69 Å². The summed E-state index contributed by atoms with van der Waals surface area (Å²) in [7, 11) is -3.82. The van der Waals surface area contributed by atoms with Gasteiger partial charge in [-0.15, -0.1) is 0 Å². The number of sulfonamides is 1. The Balaban J connectivity index is 2.08. The summed E-state index contributed by atoms with van der Waals surface area (Å²) in [4.78, 5) is 29.3. The molecule has 214 valence electrons. The lowest BCUT2D eigenvalue weighted by atomic mass is 10.0. The lowest BCUT2D eigenvalue weighted by Crippen LogP contribution is -2.54. The number of halogens is 1. The van der Waals surface area contributed by atoms with Gasteiger partial charge in [-0.3, -0.25) is 13.9 Å². The number of anilines is 1. The summed E-state index contributed by atoms with van der Waals surface area (Å²) in [5.74, 6) is -0.778. The molecule has 0 aromatic heterocycles. The third-order valence-electron chi connectivity index (χ3n) is 7.06. The maximum Gasteiger partial charge on any atom is 0.244 e. The van der Waals surface area contributed by atoms with Crippen molar-refractivity contribution in [2.45, 2.75) is 59.2 Å². The minimum absolute atomic E-state index is 0.0966. The summed E-state index contributed by atoms with van der Waals surface area (Å²) in [5.41, 5.74) is 3.76. The molecular weight excluding hydrogens is 546 g/mol. The van der Waals surface area contributed by atoms with E-state index in [0.29, 0.717) is 10.7 Å². The van der Waals surface area contributed by atoms with Crippen molar-refractivity contribution in [3.63, 3.8) is 0 Å². The molecule has 0 heterocycles.